The van der Waals surface area contributed by atoms with Crippen LogP contribution in [0.25, 0.3) is 44.6 Å². The second-order valence-corrected chi connectivity index (χ2v) is 6.05. The molecule has 0 unspecified atom stereocenters. The Morgan fingerprint density at radius 3 is 2.77 bits per heavy atom. The number of methoxy groups -OCH3 is 1. The summed E-state index contributed by atoms with van der Waals surface area (Å²) in [4.78, 5) is 12.4. The molecule has 126 valence electrons. The topological polar surface area (TPSA) is 79.5 Å². The zero-order valence-corrected chi connectivity index (χ0v) is 14.0. The van der Waals surface area contributed by atoms with Gasteiger partial charge in [-0.15, -0.1) is 0 Å². The number of benzene rings is 1. The Labute approximate surface area is 148 Å². The van der Waals surface area contributed by atoms with Crippen LogP contribution in [0.3, 0.4) is 0 Å². The third kappa shape index (κ3) is 2.31. The molecule has 0 aliphatic heterocycles. The average molecular weight is 341 g/mol. The van der Waals surface area contributed by atoms with Gasteiger partial charge in [0.15, 0.2) is 0 Å². The molecule has 0 saturated carbocycles. The molecule has 1 aromatic carbocycles. The Bertz CT molecular complexity index is 1200. The summed E-state index contributed by atoms with van der Waals surface area (Å²) >= 11 is 0. The van der Waals surface area contributed by atoms with E-state index in [2.05, 4.69) is 38.4 Å². The van der Waals surface area contributed by atoms with E-state index in [0.717, 1.165) is 44.6 Å². The van der Waals surface area contributed by atoms with E-state index in [1.807, 2.05) is 30.3 Å². The van der Waals surface area contributed by atoms with Crippen LogP contribution in [0.1, 0.15) is 0 Å². The van der Waals surface area contributed by atoms with Crippen LogP contribution in [-0.2, 0) is 0 Å². The first kappa shape index (κ1) is 14.7. The van der Waals surface area contributed by atoms with Crippen molar-refractivity contribution < 1.29 is 4.74 Å². The van der Waals surface area contributed by atoms with Crippen molar-refractivity contribution in [3.8, 4) is 28.4 Å². The predicted molar refractivity (Wildman–Crippen MR) is 101 cm³/mol. The molecule has 2 N–H and O–H groups in total. The number of nitrogens with zero attached hydrogens (tertiary/aromatic N) is 3. The van der Waals surface area contributed by atoms with E-state index in [9.17, 15) is 0 Å². The van der Waals surface area contributed by atoms with Gasteiger partial charge in [0.2, 0.25) is 0 Å². The van der Waals surface area contributed by atoms with Gasteiger partial charge in [-0.1, -0.05) is 18.2 Å². The molecule has 0 saturated heterocycles. The molecule has 4 aromatic heterocycles. The number of hydrogen-bond acceptors (Lipinski definition) is 4. The molecular formula is C20H15N5O. The van der Waals surface area contributed by atoms with Gasteiger partial charge in [0.1, 0.15) is 17.0 Å². The van der Waals surface area contributed by atoms with E-state index in [4.69, 9.17) is 9.72 Å². The number of fused-ring (bicyclic) bond motifs is 2. The SMILES string of the molecule is COc1cncc(-c2ccc3[nH]nc(-c4cc5ccccc5[nH]4)c3n2)c1. The largest absolute Gasteiger partial charge is 0.495 e. The molecular weight excluding hydrogens is 326 g/mol. The van der Waals surface area contributed by atoms with Gasteiger partial charge in [-0.25, -0.2) is 4.98 Å². The minimum atomic E-state index is 0.701. The highest BCUT2D eigenvalue weighted by atomic mass is 16.5. The summed E-state index contributed by atoms with van der Waals surface area (Å²) < 4.78 is 5.26. The molecule has 0 amide bonds. The lowest BCUT2D eigenvalue weighted by molar-refractivity contribution is 0.413. The van der Waals surface area contributed by atoms with Crippen LogP contribution in [-0.4, -0.2) is 32.3 Å². The molecule has 5 rings (SSSR count). The zero-order valence-electron chi connectivity index (χ0n) is 14.0. The maximum absolute atomic E-state index is 5.26. The molecule has 6 nitrogen and oxygen atoms in total. The molecule has 0 fully saturated rings. The lowest BCUT2D eigenvalue weighted by Crippen LogP contribution is -1.89. The molecule has 0 radical (unpaired) electrons. The van der Waals surface area contributed by atoms with Crippen LogP contribution >= 0.6 is 0 Å². The Hall–Kier alpha value is -3.67. The molecule has 0 atom stereocenters. The first-order valence-electron chi connectivity index (χ1n) is 8.24. The van der Waals surface area contributed by atoms with Gasteiger partial charge in [0.25, 0.3) is 0 Å². The van der Waals surface area contributed by atoms with Crippen molar-refractivity contribution in [3.63, 3.8) is 0 Å². The summed E-state index contributed by atoms with van der Waals surface area (Å²) in [6.45, 7) is 0. The highest BCUT2D eigenvalue weighted by Gasteiger charge is 2.13. The molecule has 26 heavy (non-hydrogen) atoms. The number of aromatic amines is 2. The van der Waals surface area contributed by atoms with Gasteiger partial charge in [0, 0.05) is 22.7 Å². The quantitative estimate of drug-likeness (QED) is 0.516. The van der Waals surface area contributed by atoms with E-state index < -0.39 is 0 Å². The monoisotopic (exact) mass is 341 g/mol. The smallest absolute Gasteiger partial charge is 0.137 e. The van der Waals surface area contributed by atoms with Crippen molar-refractivity contribution in [3.05, 3.63) is 60.9 Å². The number of para-hydroxylation sites is 1. The molecule has 0 spiro atoms. The number of ether oxygens (including phenoxy) is 1. The highest BCUT2D eigenvalue weighted by molar-refractivity contribution is 5.94. The average Bonchev–Trinajstić information content (AvgIpc) is 3.31. The lowest BCUT2D eigenvalue weighted by Gasteiger charge is -2.04. The van der Waals surface area contributed by atoms with E-state index in [-0.39, 0.29) is 0 Å². The van der Waals surface area contributed by atoms with Gasteiger partial charge in [-0.3, -0.25) is 10.1 Å². The number of H-pyrrole nitrogens is 2. The third-order valence-electron chi connectivity index (χ3n) is 4.44. The summed E-state index contributed by atoms with van der Waals surface area (Å²) in [5, 5.41) is 8.67. The highest BCUT2D eigenvalue weighted by Crippen LogP contribution is 2.29. The number of hydrogen-bond donors (Lipinski definition) is 2. The maximum atomic E-state index is 5.26. The van der Waals surface area contributed by atoms with E-state index in [0.29, 0.717) is 5.75 Å². The Morgan fingerprint density at radius 2 is 1.88 bits per heavy atom. The minimum absolute atomic E-state index is 0.701. The molecule has 5 aromatic rings. The summed E-state index contributed by atoms with van der Waals surface area (Å²) in [6, 6.07) is 16.1. The second kappa shape index (κ2) is 5.70. The van der Waals surface area contributed by atoms with E-state index >= 15 is 0 Å². The van der Waals surface area contributed by atoms with Crippen LogP contribution in [0.2, 0.25) is 0 Å². The van der Waals surface area contributed by atoms with E-state index in [1.54, 1.807) is 19.5 Å². The summed E-state index contributed by atoms with van der Waals surface area (Å²) in [5.41, 5.74) is 6.24. The fourth-order valence-corrected chi connectivity index (χ4v) is 3.12. The molecule has 0 aliphatic carbocycles. The van der Waals surface area contributed by atoms with Crippen molar-refractivity contribution in [2.75, 3.05) is 7.11 Å². The number of rotatable bonds is 3. The molecule has 4 heterocycles. The summed E-state index contributed by atoms with van der Waals surface area (Å²) in [5.74, 6) is 0.701. The molecule has 0 bridgehead atoms. The second-order valence-electron chi connectivity index (χ2n) is 6.05. The Morgan fingerprint density at radius 1 is 0.962 bits per heavy atom. The van der Waals surface area contributed by atoms with Crippen molar-refractivity contribution in [1.82, 2.24) is 25.1 Å². The first-order chi connectivity index (χ1) is 12.8. The third-order valence-corrected chi connectivity index (χ3v) is 4.44. The van der Waals surface area contributed by atoms with E-state index in [1.165, 1.54) is 0 Å². The van der Waals surface area contributed by atoms with Crippen LogP contribution < -0.4 is 4.74 Å². The Balaban J connectivity index is 1.67. The molecule has 6 heteroatoms. The van der Waals surface area contributed by atoms with Gasteiger partial charge in [0.05, 0.1) is 30.2 Å². The summed E-state index contributed by atoms with van der Waals surface area (Å²) in [6.07, 6.45) is 3.45. The predicted octanol–water partition coefficient (Wildman–Crippen LogP) is 4.18. The van der Waals surface area contributed by atoms with Gasteiger partial charge >= 0.3 is 0 Å². The zero-order chi connectivity index (χ0) is 17.5. The van der Waals surface area contributed by atoms with Crippen molar-refractivity contribution >= 4 is 21.9 Å². The summed E-state index contributed by atoms with van der Waals surface area (Å²) in [7, 11) is 1.63. The van der Waals surface area contributed by atoms with Gasteiger partial charge < -0.3 is 9.72 Å². The fraction of sp³-hybridized carbons (Fsp3) is 0.0500. The lowest BCUT2D eigenvalue weighted by atomic mass is 10.1. The maximum Gasteiger partial charge on any atom is 0.137 e. The van der Waals surface area contributed by atoms with Crippen molar-refractivity contribution in [2.24, 2.45) is 0 Å². The normalized spacial score (nSPS) is 11.3. The Kier molecular flexibility index (Phi) is 3.21. The van der Waals surface area contributed by atoms with Gasteiger partial charge in [-0.05, 0) is 30.3 Å². The number of aromatic nitrogens is 5. The van der Waals surface area contributed by atoms with Crippen LogP contribution in [0, 0.1) is 0 Å². The number of nitrogens with one attached hydrogen (secondary N) is 2. The minimum Gasteiger partial charge on any atom is -0.495 e. The number of pyridine rings is 2. The van der Waals surface area contributed by atoms with Crippen molar-refractivity contribution in [2.45, 2.75) is 0 Å². The standard InChI is InChI=1S/C20H15N5O/c1-26-14-8-13(10-21-11-14)16-6-7-17-19(23-16)20(25-24-17)18-9-12-4-2-3-5-15(12)22-18/h2-11,22H,1H3,(H,24,25). The van der Waals surface area contributed by atoms with Gasteiger partial charge in [-0.2, -0.15) is 5.10 Å². The first-order valence-corrected chi connectivity index (χ1v) is 8.24. The van der Waals surface area contributed by atoms with Crippen molar-refractivity contribution in [1.29, 1.82) is 0 Å². The van der Waals surface area contributed by atoms with Crippen LogP contribution in [0.4, 0.5) is 0 Å². The fourth-order valence-electron chi connectivity index (χ4n) is 3.12. The van der Waals surface area contributed by atoms with Crippen LogP contribution in [0.15, 0.2) is 60.9 Å². The molecule has 0 aliphatic rings. The van der Waals surface area contributed by atoms with Crippen LogP contribution in [0.5, 0.6) is 5.75 Å².